The second kappa shape index (κ2) is 8.02. The van der Waals surface area contributed by atoms with Gasteiger partial charge in [-0.3, -0.25) is 14.9 Å². The molecule has 0 radical (unpaired) electrons. The molecule has 0 saturated carbocycles. The van der Waals surface area contributed by atoms with Crippen LogP contribution in [0.15, 0.2) is 47.4 Å². The standard InChI is InChI=1S/C18H21N3O3S/c1-12-11-15(20(3)4)7-10-17(12)19-18(22)13(2)25-16-8-5-14(6-9-16)21(23)24/h5-11,13H,1-4H3,(H,19,22). The summed E-state index contributed by atoms with van der Waals surface area (Å²) < 4.78 is 0. The fraction of sp³-hybridized carbons (Fsp3) is 0.278. The van der Waals surface area contributed by atoms with E-state index in [0.29, 0.717) is 0 Å². The molecule has 6 nitrogen and oxygen atoms in total. The molecule has 0 aromatic heterocycles. The Labute approximate surface area is 151 Å². The van der Waals surface area contributed by atoms with Gasteiger partial charge in [-0.25, -0.2) is 0 Å². The molecule has 0 aliphatic carbocycles. The van der Waals surface area contributed by atoms with Crippen LogP contribution in [-0.4, -0.2) is 30.2 Å². The Morgan fingerprint density at radius 1 is 1.20 bits per heavy atom. The Morgan fingerprint density at radius 2 is 1.84 bits per heavy atom. The lowest BCUT2D eigenvalue weighted by molar-refractivity contribution is -0.384. The molecule has 25 heavy (non-hydrogen) atoms. The molecule has 2 aromatic carbocycles. The number of benzene rings is 2. The predicted octanol–water partition coefficient (Wildman–Crippen LogP) is 4.09. The van der Waals surface area contributed by atoms with Gasteiger partial charge in [-0.1, -0.05) is 0 Å². The zero-order chi connectivity index (χ0) is 18.6. The smallest absolute Gasteiger partial charge is 0.269 e. The van der Waals surface area contributed by atoms with Gasteiger partial charge in [-0.15, -0.1) is 11.8 Å². The van der Waals surface area contributed by atoms with Gasteiger partial charge < -0.3 is 10.2 Å². The summed E-state index contributed by atoms with van der Waals surface area (Å²) >= 11 is 1.36. The largest absolute Gasteiger partial charge is 0.378 e. The van der Waals surface area contributed by atoms with Crippen molar-refractivity contribution in [1.29, 1.82) is 0 Å². The van der Waals surface area contributed by atoms with Crippen molar-refractivity contribution < 1.29 is 9.72 Å². The number of aryl methyl sites for hydroxylation is 1. The van der Waals surface area contributed by atoms with E-state index in [1.54, 1.807) is 12.1 Å². The Hall–Kier alpha value is -2.54. The van der Waals surface area contributed by atoms with Crippen LogP contribution < -0.4 is 10.2 Å². The van der Waals surface area contributed by atoms with Crippen LogP contribution >= 0.6 is 11.8 Å². The number of nitrogens with zero attached hydrogens (tertiary/aromatic N) is 2. The third-order valence-corrected chi connectivity index (χ3v) is 4.83. The Morgan fingerprint density at radius 3 is 2.36 bits per heavy atom. The molecule has 1 atom stereocenters. The number of rotatable bonds is 6. The summed E-state index contributed by atoms with van der Waals surface area (Å²) in [5, 5.41) is 13.3. The Bertz CT molecular complexity index is 776. The van der Waals surface area contributed by atoms with E-state index < -0.39 is 4.92 Å². The molecule has 132 valence electrons. The van der Waals surface area contributed by atoms with E-state index in [0.717, 1.165) is 21.8 Å². The average molecular weight is 359 g/mol. The number of thioether (sulfide) groups is 1. The minimum atomic E-state index is -0.440. The second-order valence-electron chi connectivity index (χ2n) is 5.89. The number of nitro benzene ring substituents is 1. The predicted molar refractivity (Wildman–Crippen MR) is 103 cm³/mol. The summed E-state index contributed by atoms with van der Waals surface area (Å²) in [6, 6.07) is 12.1. The molecule has 2 aromatic rings. The first kappa shape index (κ1) is 18.8. The molecule has 0 heterocycles. The van der Waals surface area contributed by atoms with Crippen molar-refractivity contribution in [2.24, 2.45) is 0 Å². The molecule has 7 heteroatoms. The molecule has 2 rings (SSSR count). The highest BCUT2D eigenvalue weighted by Gasteiger charge is 2.16. The third-order valence-electron chi connectivity index (χ3n) is 3.71. The van der Waals surface area contributed by atoms with E-state index in [-0.39, 0.29) is 16.8 Å². The minimum Gasteiger partial charge on any atom is -0.378 e. The average Bonchev–Trinajstić information content (AvgIpc) is 2.56. The van der Waals surface area contributed by atoms with E-state index >= 15 is 0 Å². The van der Waals surface area contributed by atoms with Gasteiger partial charge in [0.1, 0.15) is 0 Å². The fourth-order valence-corrected chi connectivity index (χ4v) is 3.07. The number of amides is 1. The van der Waals surface area contributed by atoms with Crippen LogP contribution in [0.5, 0.6) is 0 Å². The van der Waals surface area contributed by atoms with Gasteiger partial charge >= 0.3 is 0 Å². The van der Waals surface area contributed by atoms with Gasteiger partial charge in [0.25, 0.3) is 5.69 Å². The molecular formula is C18H21N3O3S. The number of carbonyl (C=O) groups is 1. The first-order valence-corrected chi connectivity index (χ1v) is 8.66. The fourth-order valence-electron chi connectivity index (χ4n) is 2.20. The van der Waals surface area contributed by atoms with E-state index in [9.17, 15) is 14.9 Å². The molecule has 0 aliphatic heterocycles. The number of nitro groups is 1. The van der Waals surface area contributed by atoms with E-state index in [4.69, 9.17) is 0 Å². The number of anilines is 2. The van der Waals surface area contributed by atoms with Crippen LogP contribution in [0.2, 0.25) is 0 Å². The van der Waals surface area contributed by atoms with Crippen LogP contribution in [0.3, 0.4) is 0 Å². The third kappa shape index (κ3) is 4.96. The Kier molecular flexibility index (Phi) is 6.03. The summed E-state index contributed by atoms with van der Waals surface area (Å²) in [5.41, 5.74) is 2.89. The first-order valence-electron chi connectivity index (χ1n) is 7.78. The Balaban J connectivity index is 2.01. The number of hydrogen-bond acceptors (Lipinski definition) is 5. The number of carbonyl (C=O) groups excluding carboxylic acids is 1. The lowest BCUT2D eigenvalue weighted by Gasteiger charge is -2.17. The van der Waals surface area contributed by atoms with Gasteiger partial charge in [-0.05, 0) is 49.7 Å². The minimum absolute atomic E-state index is 0.0399. The highest BCUT2D eigenvalue weighted by atomic mass is 32.2. The van der Waals surface area contributed by atoms with Crippen LogP contribution in [0, 0.1) is 17.0 Å². The molecule has 0 fully saturated rings. The summed E-state index contributed by atoms with van der Waals surface area (Å²) in [7, 11) is 3.94. The summed E-state index contributed by atoms with van der Waals surface area (Å²) in [4.78, 5) is 25.5. The van der Waals surface area contributed by atoms with Gasteiger partial charge in [0.05, 0.1) is 10.2 Å². The van der Waals surface area contributed by atoms with Crippen molar-refractivity contribution in [3.63, 3.8) is 0 Å². The molecule has 0 saturated heterocycles. The number of hydrogen-bond donors (Lipinski definition) is 1. The van der Waals surface area contributed by atoms with Crippen molar-refractivity contribution in [1.82, 2.24) is 0 Å². The normalized spacial score (nSPS) is 11.7. The van der Waals surface area contributed by atoms with Crippen LogP contribution in [0.25, 0.3) is 0 Å². The maximum Gasteiger partial charge on any atom is 0.269 e. The van der Waals surface area contributed by atoms with Crippen molar-refractivity contribution in [2.45, 2.75) is 24.0 Å². The van der Waals surface area contributed by atoms with E-state index in [2.05, 4.69) is 5.32 Å². The van der Waals surface area contributed by atoms with Gasteiger partial charge in [0, 0.05) is 42.5 Å². The second-order valence-corrected chi connectivity index (χ2v) is 7.31. The molecule has 1 amide bonds. The van der Waals surface area contributed by atoms with Crippen molar-refractivity contribution in [2.75, 3.05) is 24.3 Å². The quantitative estimate of drug-likeness (QED) is 0.478. The topological polar surface area (TPSA) is 75.5 Å². The van der Waals surface area contributed by atoms with Crippen LogP contribution in [0.4, 0.5) is 17.1 Å². The highest BCUT2D eigenvalue weighted by molar-refractivity contribution is 8.00. The van der Waals surface area contributed by atoms with Gasteiger partial charge in [0.2, 0.25) is 5.91 Å². The zero-order valence-corrected chi connectivity index (χ0v) is 15.5. The molecule has 0 spiro atoms. The van der Waals surface area contributed by atoms with Crippen molar-refractivity contribution in [3.8, 4) is 0 Å². The maximum absolute atomic E-state index is 12.4. The SMILES string of the molecule is Cc1cc(N(C)C)ccc1NC(=O)C(C)Sc1ccc([N+](=O)[O-])cc1. The van der Waals surface area contributed by atoms with Gasteiger partial charge in [-0.2, -0.15) is 0 Å². The summed E-state index contributed by atoms with van der Waals surface area (Å²) in [5.74, 6) is -0.107. The summed E-state index contributed by atoms with van der Waals surface area (Å²) in [6.07, 6.45) is 0. The molecular weight excluding hydrogens is 338 g/mol. The lowest BCUT2D eigenvalue weighted by Crippen LogP contribution is -2.23. The number of non-ortho nitro benzene ring substituents is 1. The summed E-state index contributed by atoms with van der Waals surface area (Å²) in [6.45, 7) is 3.77. The van der Waals surface area contributed by atoms with Crippen LogP contribution in [0.1, 0.15) is 12.5 Å². The monoisotopic (exact) mass is 359 g/mol. The van der Waals surface area contributed by atoms with Crippen molar-refractivity contribution in [3.05, 3.63) is 58.1 Å². The molecule has 1 N–H and O–H groups in total. The van der Waals surface area contributed by atoms with E-state index in [1.165, 1.54) is 23.9 Å². The molecule has 0 bridgehead atoms. The molecule has 0 aliphatic rings. The van der Waals surface area contributed by atoms with Crippen LogP contribution in [-0.2, 0) is 4.79 Å². The van der Waals surface area contributed by atoms with Crippen molar-refractivity contribution >= 4 is 34.7 Å². The zero-order valence-electron chi connectivity index (χ0n) is 14.6. The number of nitrogens with one attached hydrogen (secondary N) is 1. The van der Waals surface area contributed by atoms with E-state index in [1.807, 2.05) is 51.0 Å². The first-order chi connectivity index (χ1) is 11.8. The molecule has 1 unspecified atom stereocenters. The lowest BCUT2D eigenvalue weighted by atomic mass is 10.1. The maximum atomic E-state index is 12.4. The highest BCUT2D eigenvalue weighted by Crippen LogP contribution is 2.27. The van der Waals surface area contributed by atoms with Gasteiger partial charge in [0.15, 0.2) is 0 Å².